The molecule has 0 aliphatic carbocycles. The Morgan fingerprint density at radius 3 is 2.95 bits per heavy atom. The van der Waals surface area contributed by atoms with Crippen LogP contribution in [-0.4, -0.2) is 51.0 Å². The van der Waals surface area contributed by atoms with Gasteiger partial charge in [-0.2, -0.15) is 0 Å². The zero-order valence-corrected chi connectivity index (χ0v) is 13.4. The van der Waals surface area contributed by atoms with Gasteiger partial charge in [0.05, 0.1) is 18.7 Å². The fourth-order valence-electron chi connectivity index (χ4n) is 2.38. The number of halogens is 1. The quantitative estimate of drug-likeness (QED) is 0.869. The maximum Gasteiger partial charge on any atom is 0.179 e. The molecular weight excluding hydrogens is 292 g/mol. The molecule has 1 saturated heterocycles. The summed E-state index contributed by atoms with van der Waals surface area (Å²) < 4.78 is 16.9. The summed E-state index contributed by atoms with van der Waals surface area (Å²) in [7, 11) is 1.59. The van der Waals surface area contributed by atoms with Gasteiger partial charge in [0.15, 0.2) is 11.5 Å². The minimum atomic E-state index is 0.0497. The van der Waals surface area contributed by atoms with E-state index in [-0.39, 0.29) is 6.10 Å². The lowest BCUT2D eigenvalue weighted by Crippen LogP contribution is -2.44. The van der Waals surface area contributed by atoms with E-state index in [9.17, 15) is 0 Å². The molecule has 0 bridgehead atoms. The van der Waals surface area contributed by atoms with Crippen molar-refractivity contribution in [2.24, 2.45) is 5.73 Å². The van der Waals surface area contributed by atoms with Gasteiger partial charge >= 0.3 is 0 Å². The minimum Gasteiger partial charge on any atom is -0.493 e. The predicted octanol–water partition coefficient (Wildman–Crippen LogP) is 1.91. The van der Waals surface area contributed by atoms with E-state index in [0.717, 1.165) is 31.8 Å². The van der Waals surface area contributed by atoms with Crippen molar-refractivity contribution in [3.8, 4) is 11.5 Å². The second kappa shape index (κ2) is 7.84. The normalized spacial score (nSPS) is 19.5. The molecule has 2 N–H and O–H groups in total. The Bertz CT molecular complexity index is 470. The first-order valence-corrected chi connectivity index (χ1v) is 7.59. The summed E-state index contributed by atoms with van der Waals surface area (Å²) in [4.78, 5) is 2.34. The summed E-state index contributed by atoms with van der Waals surface area (Å²) in [6, 6.07) is 3.65. The van der Waals surface area contributed by atoms with Crippen LogP contribution in [0.5, 0.6) is 11.5 Å². The highest BCUT2D eigenvalue weighted by molar-refractivity contribution is 6.32. The van der Waals surface area contributed by atoms with Gasteiger partial charge in [-0.15, -0.1) is 0 Å². The highest BCUT2D eigenvalue weighted by Gasteiger charge is 2.21. The molecule has 1 aliphatic heterocycles. The topological polar surface area (TPSA) is 57.0 Å². The third kappa shape index (κ3) is 4.23. The lowest BCUT2D eigenvalue weighted by Gasteiger charge is -2.32. The maximum atomic E-state index is 6.25. The molecule has 0 saturated carbocycles. The van der Waals surface area contributed by atoms with Crippen LogP contribution in [0.3, 0.4) is 0 Å². The van der Waals surface area contributed by atoms with Crippen LogP contribution in [0.4, 0.5) is 0 Å². The Morgan fingerprint density at radius 1 is 1.48 bits per heavy atom. The minimum absolute atomic E-state index is 0.0497. The van der Waals surface area contributed by atoms with Crippen molar-refractivity contribution in [1.29, 1.82) is 0 Å². The summed E-state index contributed by atoms with van der Waals surface area (Å²) in [6.45, 7) is 6.62. The third-order valence-electron chi connectivity index (χ3n) is 3.61. The van der Waals surface area contributed by atoms with Gasteiger partial charge in [0.1, 0.15) is 12.7 Å². The Morgan fingerprint density at radius 2 is 2.29 bits per heavy atom. The molecule has 1 aliphatic rings. The highest BCUT2D eigenvalue weighted by atomic mass is 35.5. The van der Waals surface area contributed by atoms with Gasteiger partial charge in [-0.05, 0) is 24.2 Å². The van der Waals surface area contributed by atoms with Crippen LogP contribution in [0.1, 0.15) is 12.5 Å². The molecule has 6 heteroatoms. The van der Waals surface area contributed by atoms with Crippen LogP contribution < -0.4 is 15.2 Å². The highest BCUT2D eigenvalue weighted by Crippen LogP contribution is 2.36. The molecule has 21 heavy (non-hydrogen) atoms. The molecule has 1 atom stereocenters. The lowest BCUT2D eigenvalue weighted by atomic mass is 10.2. The van der Waals surface area contributed by atoms with E-state index in [1.807, 2.05) is 6.07 Å². The molecule has 5 nitrogen and oxygen atoms in total. The van der Waals surface area contributed by atoms with E-state index < -0.39 is 0 Å². The zero-order chi connectivity index (χ0) is 15.2. The van der Waals surface area contributed by atoms with Crippen molar-refractivity contribution >= 4 is 11.6 Å². The Labute approximate surface area is 130 Å². The first-order valence-electron chi connectivity index (χ1n) is 7.21. The number of nitrogens with zero attached hydrogens (tertiary/aromatic N) is 1. The number of rotatable bonds is 6. The molecule has 1 unspecified atom stereocenters. The average Bonchev–Trinajstić information content (AvgIpc) is 2.53. The van der Waals surface area contributed by atoms with Crippen molar-refractivity contribution in [1.82, 2.24) is 4.90 Å². The Balaban J connectivity index is 2.02. The van der Waals surface area contributed by atoms with Gasteiger partial charge in [0.2, 0.25) is 0 Å². The lowest BCUT2D eigenvalue weighted by molar-refractivity contribution is -0.0466. The number of likely N-dealkylation sites (N-methyl/N-ethyl adjacent to an activating group) is 1. The third-order valence-corrected chi connectivity index (χ3v) is 3.89. The van der Waals surface area contributed by atoms with Crippen molar-refractivity contribution in [3.05, 3.63) is 22.7 Å². The number of benzene rings is 1. The van der Waals surface area contributed by atoms with E-state index >= 15 is 0 Å². The van der Waals surface area contributed by atoms with Crippen LogP contribution in [-0.2, 0) is 11.3 Å². The van der Waals surface area contributed by atoms with Crippen LogP contribution in [0.2, 0.25) is 5.02 Å². The molecule has 0 aromatic heterocycles. The van der Waals surface area contributed by atoms with Crippen LogP contribution in [0, 0.1) is 0 Å². The van der Waals surface area contributed by atoms with Gasteiger partial charge in [-0.25, -0.2) is 0 Å². The molecule has 2 rings (SSSR count). The fourth-order valence-corrected chi connectivity index (χ4v) is 2.66. The van der Waals surface area contributed by atoms with Gasteiger partial charge in [-0.3, -0.25) is 4.90 Å². The smallest absolute Gasteiger partial charge is 0.179 e. The zero-order valence-electron chi connectivity index (χ0n) is 12.6. The fraction of sp³-hybridized carbons (Fsp3) is 0.600. The average molecular weight is 315 g/mol. The number of ether oxygens (including phenoxy) is 3. The Hall–Kier alpha value is -1.01. The largest absolute Gasteiger partial charge is 0.493 e. The van der Waals surface area contributed by atoms with E-state index in [1.54, 1.807) is 13.2 Å². The van der Waals surface area contributed by atoms with Crippen molar-refractivity contribution < 1.29 is 14.2 Å². The van der Waals surface area contributed by atoms with Crippen molar-refractivity contribution in [3.63, 3.8) is 0 Å². The molecular formula is C15H23ClN2O3. The first kappa shape index (κ1) is 16.4. The maximum absolute atomic E-state index is 6.25. The van der Waals surface area contributed by atoms with E-state index in [4.69, 9.17) is 31.5 Å². The van der Waals surface area contributed by atoms with E-state index in [1.165, 1.54) is 0 Å². The molecule has 1 fully saturated rings. The number of nitrogens with two attached hydrogens (primary N) is 1. The van der Waals surface area contributed by atoms with E-state index in [2.05, 4.69) is 11.8 Å². The number of hydrogen-bond acceptors (Lipinski definition) is 5. The molecule has 0 spiro atoms. The molecule has 0 amide bonds. The summed E-state index contributed by atoms with van der Waals surface area (Å²) in [5, 5.41) is 0.512. The summed E-state index contributed by atoms with van der Waals surface area (Å²) in [5.74, 6) is 1.15. The molecule has 0 radical (unpaired) electrons. The van der Waals surface area contributed by atoms with Crippen molar-refractivity contribution in [2.75, 3.05) is 40.0 Å². The summed E-state index contributed by atoms with van der Waals surface area (Å²) >= 11 is 6.25. The summed E-state index contributed by atoms with van der Waals surface area (Å²) in [6.07, 6.45) is 0.0497. The Kier molecular flexibility index (Phi) is 6.11. The number of morpholine rings is 1. The number of hydrogen-bond donors (Lipinski definition) is 1. The van der Waals surface area contributed by atoms with Crippen molar-refractivity contribution in [2.45, 2.75) is 19.6 Å². The standard InChI is InChI=1S/C15H23ClN2O3/c1-3-18-4-5-20-12(9-18)10-21-15-13(16)6-11(8-17)7-14(15)19-2/h6-7,12H,3-5,8-10,17H2,1-2H3. The van der Waals surface area contributed by atoms with Gasteiger partial charge in [-0.1, -0.05) is 18.5 Å². The van der Waals surface area contributed by atoms with E-state index in [0.29, 0.717) is 29.7 Å². The monoisotopic (exact) mass is 314 g/mol. The second-order valence-corrected chi connectivity index (χ2v) is 5.42. The van der Waals surface area contributed by atoms with Crippen LogP contribution >= 0.6 is 11.6 Å². The SMILES string of the molecule is CCN1CCOC(COc2c(Cl)cc(CN)cc2OC)C1. The van der Waals surface area contributed by atoms with Gasteiger partial charge in [0, 0.05) is 19.6 Å². The molecule has 1 heterocycles. The first-order chi connectivity index (χ1) is 10.2. The second-order valence-electron chi connectivity index (χ2n) is 5.01. The van der Waals surface area contributed by atoms with Crippen LogP contribution in [0.15, 0.2) is 12.1 Å². The van der Waals surface area contributed by atoms with Gasteiger partial charge in [0.25, 0.3) is 0 Å². The molecule has 1 aromatic rings. The predicted molar refractivity (Wildman–Crippen MR) is 83.2 cm³/mol. The summed E-state index contributed by atoms with van der Waals surface area (Å²) in [5.41, 5.74) is 6.55. The molecule has 1 aromatic carbocycles. The number of methoxy groups -OCH3 is 1. The van der Waals surface area contributed by atoms with Crippen LogP contribution in [0.25, 0.3) is 0 Å². The molecule has 118 valence electrons. The van der Waals surface area contributed by atoms with Gasteiger partial charge < -0.3 is 19.9 Å².